The molecule has 0 aliphatic carbocycles. The Morgan fingerprint density at radius 2 is 0.957 bits per heavy atom. The van der Waals surface area contributed by atoms with Gasteiger partial charge in [-0.05, 0) is 0 Å². The molecule has 0 saturated carbocycles. The quantitative estimate of drug-likeness (QED) is 0.520. The van der Waals surface area contributed by atoms with E-state index in [-0.39, 0.29) is 5.52 Å². The number of benzene rings is 3. The second kappa shape index (κ2) is 6.73. The third kappa shape index (κ3) is 2.65. The molecule has 0 aliphatic heterocycles. The average Bonchev–Trinajstić information content (AvgIpc) is 2.65. The summed E-state index contributed by atoms with van der Waals surface area (Å²) < 4.78 is 0. The molecule has 2 heteroatoms. The number of carbonyl (C=O) groups excluding carboxylic acids is 1. The zero-order valence-corrected chi connectivity index (χ0v) is 13.9. The van der Waals surface area contributed by atoms with E-state index in [0.717, 1.165) is 15.9 Å². The zero-order valence-electron chi connectivity index (χ0n) is 12.9. The van der Waals surface area contributed by atoms with E-state index in [0.29, 0.717) is 0 Å². The van der Waals surface area contributed by atoms with Crippen LogP contribution in [0.25, 0.3) is 0 Å². The SMILES string of the molecule is C=CC(=O)[PH](c1ccccc1)(c1ccccc1)c1ccccc1. The molecule has 0 spiro atoms. The van der Waals surface area contributed by atoms with E-state index in [9.17, 15) is 4.79 Å². The first-order valence-electron chi connectivity index (χ1n) is 7.63. The summed E-state index contributed by atoms with van der Waals surface area (Å²) in [6.45, 7) is 3.79. The van der Waals surface area contributed by atoms with Crippen molar-refractivity contribution >= 4 is 28.7 Å². The van der Waals surface area contributed by atoms with Crippen molar-refractivity contribution in [3.63, 3.8) is 0 Å². The first-order chi connectivity index (χ1) is 11.3. The van der Waals surface area contributed by atoms with Gasteiger partial charge in [0, 0.05) is 0 Å². The fourth-order valence-electron chi connectivity index (χ4n) is 3.14. The third-order valence-electron chi connectivity index (χ3n) is 4.18. The number of rotatable bonds is 5. The van der Waals surface area contributed by atoms with Crippen molar-refractivity contribution < 1.29 is 4.79 Å². The number of hydrogen-bond donors (Lipinski definition) is 0. The molecule has 0 unspecified atom stereocenters. The molecule has 1 nitrogen and oxygen atoms in total. The Bertz CT molecular complexity index is 698. The minimum absolute atomic E-state index is 0.112. The van der Waals surface area contributed by atoms with Gasteiger partial charge in [0.25, 0.3) is 0 Å². The van der Waals surface area contributed by atoms with Gasteiger partial charge in [-0.25, -0.2) is 0 Å². The van der Waals surface area contributed by atoms with Gasteiger partial charge in [-0.15, -0.1) is 0 Å². The van der Waals surface area contributed by atoms with E-state index in [1.165, 1.54) is 6.08 Å². The molecule has 0 fully saturated rings. The zero-order chi connectivity index (χ0) is 16.1. The summed E-state index contributed by atoms with van der Waals surface area (Å²) in [5.74, 6) is 0. The van der Waals surface area contributed by atoms with Crippen molar-refractivity contribution in [2.45, 2.75) is 0 Å². The van der Waals surface area contributed by atoms with Gasteiger partial charge in [0.15, 0.2) is 0 Å². The van der Waals surface area contributed by atoms with Crippen LogP contribution in [0.1, 0.15) is 0 Å². The topological polar surface area (TPSA) is 17.1 Å². The minimum atomic E-state index is -2.78. The first kappa shape index (κ1) is 15.4. The Labute approximate surface area is 137 Å². The molecule has 0 N–H and O–H groups in total. The number of hydrogen-bond acceptors (Lipinski definition) is 1. The monoisotopic (exact) mass is 318 g/mol. The van der Waals surface area contributed by atoms with E-state index >= 15 is 0 Å². The van der Waals surface area contributed by atoms with Crippen LogP contribution in [0.5, 0.6) is 0 Å². The Morgan fingerprint density at radius 3 is 1.22 bits per heavy atom. The Balaban J connectivity index is 2.40. The fraction of sp³-hybridized carbons (Fsp3) is 0. The van der Waals surface area contributed by atoms with Crippen LogP contribution in [-0.4, -0.2) is 5.52 Å². The molecule has 0 amide bonds. The van der Waals surface area contributed by atoms with Crippen molar-refractivity contribution in [2.24, 2.45) is 0 Å². The van der Waals surface area contributed by atoms with Gasteiger partial charge >= 0.3 is 137 Å². The Hall–Kier alpha value is -2.50. The van der Waals surface area contributed by atoms with Crippen LogP contribution < -0.4 is 15.9 Å². The van der Waals surface area contributed by atoms with Gasteiger partial charge in [0.05, 0.1) is 0 Å². The van der Waals surface area contributed by atoms with Gasteiger partial charge in [0.1, 0.15) is 0 Å². The van der Waals surface area contributed by atoms with E-state index in [2.05, 4.69) is 43.0 Å². The van der Waals surface area contributed by atoms with Crippen LogP contribution in [-0.2, 0) is 4.79 Å². The Kier molecular flexibility index (Phi) is 4.50. The summed E-state index contributed by atoms with van der Waals surface area (Å²) in [5, 5.41) is 3.26. The van der Waals surface area contributed by atoms with E-state index < -0.39 is 7.26 Å². The van der Waals surface area contributed by atoms with Crippen molar-refractivity contribution in [3.05, 3.63) is 104 Å². The summed E-state index contributed by atoms with van der Waals surface area (Å²) in [4.78, 5) is 13.2. The third-order valence-corrected chi connectivity index (χ3v) is 8.72. The standard InChI is InChI=1S/C21H19OP/c1-2-21(22)23(18-12-6-3-7-13-18,19-14-8-4-9-15-19)20-16-10-5-11-17-20/h2-17,23H,1H2. The van der Waals surface area contributed by atoms with Crippen LogP contribution >= 0.6 is 7.26 Å². The maximum atomic E-state index is 13.2. The summed E-state index contributed by atoms with van der Waals surface area (Å²) in [6.07, 6.45) is 1.49. The molecule has 3 aromatic rings. The van der Waals surface area contributed by atoms with Crippen LogP contribution in [0, 0.1) is 0 Å². The summed E-state index contributed by atoms with van der Waals surface area (Å²) >= 11 is 0. The number of carbonyl (C=O) groups is 1. The molecule has 0 radical (unpaired) electrons. The van der Waals surface area contributed by atoms with Crippen molar-refractivity contribution in [1.82, 2.24) is 0 Å². The molecule has 0 aromatic heterocycles. The summed E-state index contributed by atoms with van der Waals surface area (Å²) in [5.41, 5.74) is 0.112. The predicted octanol–water partition coefficient (Wildman–Crippen LogP) is 3.43. The van der Waals surface area contributed by atoms with E-state index in [1.807, 2.05) is 54.6 Å². The van der Waals surface area contributed by atoms with Gasteiger partial charge in [-0.1, -0.05) is 0 Å². The van der Waals surface area contributed by atoms with Gasteiger partial charge in [-0.2, -0.15) is 0 Å². The molecule has 114 valence electrons. The molecule has 0 aliphatic rings. The normalized spacial score (nSPS) is 11.7. The van der Waals surface area contributed by atoms with E-state index in [4.69, 9.17) is 0 Å². The Morgan fingerprint density at radius 1 is 0.652 bits per heavy atom. The molecular weight excluding hydrogens is 299 g/mol. The van der Waals surface area contributed by atoms with Gasteiger partial charge < -0.3 is 0 Å². The second-order valence-electron chi connectivity index (χ2n) is 5.42. The van der Waals surface area contributed by atoms with Crippen molar-refractivity contribution in [2.75, 3.05) is 0 Å². The maximum absolute atomic E-state index is 13.2. The van der Waals surface area contributed by atoms with Crippen LogP contribution in [0.3, 0.4) is 0 Å². The van der Waals surface area contributed by atoms with Crippen molar-refractivity contribution in [1.29, 1.82) is 0 Å². The molecule has 0 saturated heterocycles. The van der Waals surface area contributed by atoms with Crippen LogP contribution in [0.15, 0.2) is 104 Å². The van der Waals surface area contributed by atoms with Gasteiger partial charge in [0.2, 0.25) is 0 Å². The average molecular weight is 318 g/mol. The number of allylic oxidation sites excluding steroid dienone is 1. The fourth-order valence-corrected chi connectivity index (χ4v) is 7.38. The molecule has 0 atom stereocenters. The summed E-state index contributed by atoms with van der Waals surface area (Å²) in [6, 6.07) is 30.3. The molecular formula is C21H19OP. The molecule has 23 heavy (non-hydrogen) atoms. The summed E-state index contributed by atoms with van der Waals surface area (Å²) in [7, 11) is -2.78. The van der Waals surface area contributed by atoms with Gasteiger partial charge in [-0.3, -0.25) is 0 Å². The molecule has 0 bridgehead atoms. The van der Waals surface area contributed by atoms with Crippen LogP contribution in [0.2, 0.25) is 0 Å². The molecule has 3 aromatic carbocycles. The molecule has 3 rings (SSSR count). The molecule has 0 heterocycles. The predicted molar refractivity (Wildman–Crippen MR) is 102 cm³/mol. The second-order valence-corrected chi connectivity index (χ2v) is 9.14. The first-order valence-corrected chi connectivity index (χ1v) is 9.63. The van der Waals surface area contributed by atoms with E-state index in [1.54, 1.807) is 0 Å². The van der Waals surface area contributed by atoms with Crippen molar-refractivity contribution in [3.8, 4) is 0 Å². The van der Waals surface area contributed by atoms with Crippen LogP contribution in [0.4, 0.5) is 0 Å².